The summed E-state index contributed by atoms with van der Waals surface area (Å²) >= 11 is 0. The zero-order chi connectivity index (χ0) is 15.3. The Balaban J connectivity index is 2.11. The molecule has 0 amide bonds. The summed E-state index contributed by atoms with van der Waals surface area (Å²) in [6, 6.07) is 6.08. The van der Waals surface area contributed by atoms with Crippen LogP contribution in [0.2, 0.25) is 0 Å². The van der Waals surface area contributed by atoms with Crippen molar-refractivity contribution in [3.8, 4) is 11.5 Å². The molecule has 1 N–H and O–H groups in total. The molecule has 0 spiro atoms. The maximum Gasteiger partial charge on any atom is 0.142 e. The SMILES string of the molecule is COc1ccc(OCCC(C)(C)C)c(N2CCNCC2)c1. The Kier molecular flexibility index (Phi) is 5.34. The molecule has 0 saturated carbocycles. The molecule has 4 nitrogen and oxygen atoms in total. The van der Waals surface area contributed by atoms with Gasteiger partial charge in [0, 0.05) is 32.2 Å². The van der Waals surface area contributed by atoms with Crippen molar-refractivity contribution in [1.82, 2.24) is 5.32 Å². The lowest BCUT2D eigenvalue weighted by molar-refractivity contribution is 0.243. The van der Waals surface area contributed by atoms with Gasteiger partial charge in [-0.15, -0.1) is 0 Å². The van der Waals surface area contributed by atoms with Gasteiger partial charge in [0.1, 0.15) is 11.5 Å². The maximum absolute atomic E-state index is 6.05. The minimum absolute atomic E-state index is 0.293. The predicted molar refractivity (Wildman–Crippen MR) is 87.6 cm³/mol. The van der Waals surface area contributed by atoms with Crippen molar-refractivity contribution >= 4 is 5.69 Å². The van der Waals surface area contributed by atoms with Crippen LogP contribution in [0.1, 0.15) is 27.2 Å². The fourth-order valence-electron chi connectivity index (χ4n) is 2.37. The monoisotopic (exact) mass is 292 g/mol. The highest BCUT2D eigenvalue weighted by molar-refractivity contribution is 5.62. The molecule has 1 aromatic carbocycles. The Morgan fingerprint density at radius 2 is 1.90 bits per heavy atom. The van der Waals surface area contributed by atoms with Crippen LogP contribution in [0.4, 0.5) is 5.69 Å². The van der Waals surface area contributed by atoms with Crippen LogP contribution >= 0.6 is 0 Å². The summed E-state index contributed by atoms with van der Waals surface area (Å²) in [5, 5.41) is 3.38. The van der Waals surface area contributed by atoms with E-state index in [0.29, 0.717) is 5.41 Å². The number of piperazine rings is 1. The zero-order valence-electron chi connectivity index (χ0n) is 13.7. The molecule has 1 saturated heterocycles. The van der Waals surface area contributed by atoms with E-state index in [4.69, 9.17) is 9.47 Å². The standard InChI is InChI=1S/C17H28N2O2/c1-17(2,3)7-12-21-16-6-5-14(20-4)13-15(16)19-10-8-18-9-11-19/h5-6,13,18H,7-12H2,1-4H3. The number of hydrogen-bond acceptors (Lipinski definition) is 4. The van der Waals surface area contributed by atoms with Crippen molar-refractivity contribution in [3.63, 3.8) is 0 Å². The molecule has 118 valence electrons. The first-order valence-corrected chi connectivity index (χ1v) is 7.76. The highest BCUT2D eigenvalue weighted by Gasteiger charge is 2.17. The number of anilines is 1. The molecule has 2 rings (SSSR count). The Hall–Kier alpha value is -1.42. The van der Waals surface area contributed by atoms with Crippen LogP contribution in [0.3, 0.4) is 0 Å². The molecular weight excluding hydrogens is 264 g/mol. The van der Waals surface area contributed by atoms with Gasteiger partial charge in [0.15, 0.2) is 0 Å². The molecule has 0 radical (unpaired) electrons. The van der Waals surface area contributed by atoms with Crippen molar-refractivity contribution in [3.05, 3.63) is 18.2 Å². The maximum atomic E-state index is 6.05. The van der Waals surface area contributed by atoms with Crippen molar-refractivity contribution in [1.29, 1.82) is 0 Å². The van der Waals surface area contributed by atoms with Crippen molar-refractivity contribution in [2.75, 3.05) is 44.8 Å². The molecule has 0 aliphatic carbocycles. The largest absolute Gasteiger partial charge is 0.497 e. The van der Waals surface area contributed by atoms with E-state index in [9.17, 15) is 0 Å². The topological polar surface area (TPSA) is 33.7 Å². The lowest BCUT2D eigenvalue weighted by Crippen LogP contribution is -2.43. The van der Waals surface area contributed by atoms with Crippen LogP contribution < -0.4 is 19.7 Å². The fourth-order valence-corrected chi connectivity index (χ4v) is 2.37. The molecule has 4 heteroatoms. The van der Waals surface area contributed by atoms with Crippen LogP contribution in [-0.2, 0) is 0 Å². The number of benzene rings is 1. The molecule has 1 aliphatic rings. The summed E-state index contributed by atoms with van der Waals surface area (Å²) in [6.07, 6.45) is 1.04. The third-order valence-electron chi connectivity index (χ3n) is 3.73. The summed E-state index contributed by atoms with van der Waals surface area (Å²) in [4.78, 5) is 2.37. The first kappa shape index (κ1) is 16.0. The van der Waals surface area contributed by atoms with E-state index in [-0.39, 0.29) is 0 Å². The first-order valence-electron chi connectivity index (χ1n) is 7.76. The van der Waals surface area contributed by atoms with Gasteiger partial charge < -0.3 is 19.7 Å². The molecule has 1 aromatic rings. The van der Waals surface area contributed by atoms with Gasteiger partial charge in [-0.05, 0) is 24.0 Å². The lowest BCUT2D eigenvalue weighted by atomic mass is 9.93. The molecular formula is C17H28N2O2. The summed E-state index contributed by atoms with van der Waals surface area (Å²) < 4.78 is 11.4. The second kappa shape index (κ2) is 7.03. The second-order valence-electron chi connectivity index (χ2n) is 6.73. The van der Waals surface area contributed by atoms with Gasteiger partial charge in [0.25, 0.3) is 0 Å². The quantitative estimate of drug-likeness (QED) is 0.905. The third-order valence-corrected chi connectivity index (χ3v) is 3.73. The molecule has 0 unspecified atom stereocenters. The van der Waals surface area contributed by atoms with E-state index < -0.39 is 0 Å². The molecule has 0 bridgehead atoms. The normalized spacial score (nSPS) is 15.9. The average Bonchev–Trinajstić information content (AvgIpc) is 2.47. The summed E-state index contributed by atoms with van der Waals surface area (Å²) in [6.45, 7) is 11.5. The molecule has 1 aliphatic heterocycles. The summed E-state index contributed by atoms with van der Waals surface area (Å²) in [5.74, 6) is 1.84. The smallest absolute Gasteiger partial charge is 0.142 e. The number of hydrogen-bond donors (Lipinski definition) is 1. The van der Waals surface area contributed by atoms with E-state index in [2.05, 4.69) is 37.1 Å². The number of nitrogens with zero attached hydrogens (tertiary/aromatic N) is 1. The van der Waals surface area contributed by atoms with Crippen LogP contribution in [-0.4, -0.2) is 39.9 Å². The van der Waals surface area contributed by atoms with Gasteiger partial charge in [0.2, 0.25) is 0 Å². The van der Waals surface area contributed by atoms with E-state index in [1.807, 2.05) is 12.1 Å². The van der Waals surface area contributed by atoms with E-state index in [0.717, 1.165) is 56.4 Å². The Bertz CT molecular complexity index is 449. The average molecular weight is 292 g/mol. The Morgan fingerprint density at radius 1 is 1.19 bits per heavy atom. The van der Waals surface area contributed by atoms with Crippen molar-refractivity contribution < 1.29 is 9.47 Å². The number of nitrogens with one attached hydrogen (secondary N) is 1. The van der Waals surface area contributed by atoms with Gasteiger partial charge in [-0.1, -0.05) is 20.8 Å². The highest BCUT2D eigenvalue weighted by Crippen LogP contribution is 2.33. The molecule has 1 heterocycles. The Labute approximate surface area is 128 Å². The Morgan fingerprint density at radius 3 is 2.52 bits per heavy atom. The molecule has 0 aromatic heterocycles. The van der Waals surface area contributed by atoms with Gasteiger partial charge in [0.05, 0.1) is 19.4 Å². The van der Waals surface area contributed by atoms with E-state index in [1.165, 1.54) is 0 Å². The minimum Gasteiger partial charge on any atom is -0.497 e. The number of ether oxygens (including phenoxy) is 2. The van der Waals surface area contributed by atoms with Crippen LogP contribution in [0.15, 0.2) is 18.2 Å². The van der Waals surface area contributed by atoms with Crippen LogP contribution in [0, 0.1) is 5.41 Å². The summed E-state index contributed by atoms with van der Waals surface area (Å²) in [7, 11) is 1.71. The van der Waals surface area contributed by atoms with Gasteiger partial charge in [-0.3, -0.25) is 0 Å². The van der Waals surface area contributed by atoms with Crippen molar-refractivity contribution in [2.24, 2.45) is 5.41 Å². The summed E-state index contributed by atoms with van der Waals surface area (Å²) in [5.41, 5.74) is 1.44. The van der Waals surface area contributed by atoms with E-state index >= 15 is 0 Å². The molecule has 1 fully saturated rings. The second-order valence-corrected chi connectivity index (χ2v) is 6.73. The van der Waals surface area contributed by atoms with Gasteiger partial charge in [-0.2, -0.15) is 0 Å². The number of rotatable bonds is 5. The highest BCUT2D eigenvalue weighted by atomic mass is 16.5. The predicted octanol–water partition coefficient (Wildman–Crippen LogP) is 2.92. The van der Waals surface area contributed by atoms with Gasteiger partial charge in [-0.25, -0.2) is 0 Å². The molecule has 21 heavy (non-hydrogen) atoms. The third kappa shape index (κ3) is 4.81. The zero-order valence-corrected chi connectivity index (χ0v) is 13.7. The molecule has 0 atom stereocenters. The minimum atomic E-state index is 0.293. The van der Waals surface area contributed by atoms with E-state index in [1.54, 1.807) is 7.11 Å². The van der Waals surface area contributed by atoms with Crippen LogP contribution in [0.5, 0.6) is 11.5 Å². The fraction of sp³-hybridized carbons (Fsp3) is 0.647. The van der Waals surface area contributed by atoms with Crippen LogP contribution in [0.25, 0.3) is 0 Å². The van der Waals surface area contributed by atoms with Crippen molar-refractivity contribution in [2.45, 2.75) is 27.2 Å². The number of methoxy groups -OCH3 is 1. The lowest BCUT2D eigenvalue weighted by Gasteiger charge is -2.31. The first-order chi connectivity index (χ1) is 9.99. The van der Waals surface area contributed by atoms with Gasteiger partial charge >= 0.3 is 0 Å².